The summed E-state index contributed by atoms with van der Waals surface area (Å²) in [5.41, 5.74) is 1.03. The standard InChI is InChI=1S/C13H16ClN3O2/c1-13(2,3)19-12(18)16-8-10-9(14)4-5-11-15-6-7-17(10)11/h4-7H,8H2,1-3H3,(H,16,18). The average molecular weight is 282 g/mol. The minimum Gasteiger partial charge on any atom is -0.444 e. The van der Waals surface area contributed by atoms with Crippen molar-refractivity contribution in [1.82, 2.24) is 14.7 Å². The fraction of sp³-hybridized carbons (Fsp3) is 0.385. The zero-order valence-electron chi connectivity index (χ0n) is 11.1. The van der Waals surface area contributed by atoms with Gasteiger partial charge in [0.05, 0.1) is 17.3 Å². The monoisotopic (exact) mass is 281 g/mol. The van der Waals surface area contributed by atoms with Crippen molar-refractivity contribution in [1.29, 1.82) is 0 Å². The molecule has 102 valence electrons. The van der Waals surface area contributed by atoms with Crippen molar-refractivity contribution in [2.24, 2.45) is 0 Å². The maximum atomic E-state index is 11.6. The Kier molecular flexibility index (Phi) is 3.66. The molecule has 0 bridgehead atoms. The summed E-state index contributed by atoms with van der Waals surface area (Å²) >= 11 is 6.14. The van der Waals surface area contributed by atoms with E-state index < -0.39 is 11.7 Å². The first-order valence-electron chi connectivity index (χ1n) is 5.94. The first kappa shape index (κ1) is 13.7. The topological polar surface area (TPSA) is 55.6 Å². The third-order valence-corrected chi connectivity index (χ3v) is 2.76. The molecule has 5 nitrogen and oxygen atoms in total. The van der Waals surface area contributed by atoms with Gasteiger partial charge < -0.3 is 14.5 Å². The Morgan fingerprint density at radius 1 is 1.47 bits per heavy atom. The zero-order valence-corrected chi connectivity index (χ0v) is 11.9. The maximum absolute atomic E-state index is 11.6. The summed E-state index contributed by atoms with van der Waals surface area (Å²) < 4.78 is 7.01. The van der Waals surface area contributed by atoms with Gasteiger partial charge in [0.15, 0.2) is 0 Å². The smallest absolute Gasteiger partial charge is 0.407 e. The number of ether oxygens (including phenoxy) is 1. The first-order chi connectivity index (χ1) is 8.87. The number of amides is 1. The van der Waals surface area contributed by atoms with Gasteiger partial charge in [0.1, 0.15) is 11.2 Å². The minimum atomic E-state index is -0.519. The lowest BCUT2D eigenvalue weighted by atomic mass is 10.2. The molecule has 2 heterocycles. The summed E-state index contributed by atoms with van der Waals surface area (Å²) in [6.45, 7) is 5.73. The second kappa shape index (κ2) is 5.09. The summed E-state index contributed by atoms with van der Waals surface area (Å²) in [6.07, 6.45) is 3.01. The molecular formula is C13H16ClN3O2. The number of fused-ring (bicyclic) bond motifs is 1. The number of carbonyl (C=O) groups is 1. The van der Waals surface area contributed by atoms with Crippen LogP contribution in [0.1, 0.15) is 26.5 Å². The highest BCUT2D eigenvalue weighted by atomic mass is 35.5. The van der Waals surface area contributed by atoms with Gasteiger partial charge in [0.2, 0.25) is 0 Å². The predicted octanol–water partition coefficient (Wildman–Crippen LogP) is 3.01. The largest absolute Gasteiger partial charge is 0.444 e. The zero-order chi connectivity index (χ0) is 14.0. The van der Waals surface area contributed by atoms with E-state index in [0.717, 1.165) is 11.3 Å². The van der Waals surface area contributed by atoms with Crippen LogP contribution >= 0.6 is 11.6 Å². The lowest BCUT2D eigenvalue weighted by molar-refractivity contribution is 0.0523. The molecule has 2 aromatic rings. The van der Waals surface area contributed by atoms with Crippen molar-refractivity contribution in [2.75, 3.05) is 0 Å². The van der Waals surface area contributed by atoms with Crippen molar-refractivity contribution in [3.05, 3.63) is 35.2 Å². The number of nitrogens with zero attached hydrogens (tertiary/aromatic N) is 2. The summed E-state index contributed by atoms with van der Waals surface area (Å²) in [5, 5.41) is 3.25. The number of halogens is 1. The van der Waals surface area contributed by atoms with E-state index in [0.29, 0.717) is 5.02 Å². The molecule has 1 amide bonds. The maximum Gasteiger partial charge on any atom is 0.407 e. The normalized spacial score (nSPS) is 11.6. The Balaban J connectivity index is 2.11. The van der Waals surface area contributed by atoms with Crippen LogP contribution < -0.4 is 5.32 Å². The van der Waals surface area contributed by atoms with Gasteiger partial charge in [-0.25, -0.2) is 9.78 Å². The molecule has 0 unspecified atom stereocenters. The molecule has 0 aliphatic heterocycles. The number of imidazole rings is 1. The van der Waals surface area contributed by atoms with Crippen molar-refractivity contribution < 1.29 is 9.53 Å². The summed E-state index contributed by atoms with van der Waals surface area (Å²) in [7, 11) is 0. The molecule has 0 spiro atoms. The van der Waals surface area contributed by atoms with Crippen LogP contribution in [0.5, 0.6) is 0 Å². The molecule has 0 aliphatic carbocycles. The van der Waals surface area contributed by atoms with Crippen LogP contribution in [0.2, 0.25) is 5.02 Å². The number of hydrogen-bond donors (Lipinski definition) is 1. The van der Waals surface area contributed by atoms with E-state index in [1.165, 1.54) is 0 Å². The van der Waals surface area contributed by atoms with E-state index >= 15 is 0 Å². The second-order valence-corrected chi connectivity index (χ2v) is 5.55. The SMILES string of the molecule is CC(C)(C)OC(=O)NCc1c(Cl)ccc2nccn12. The Labute approximate surface area is 116 Å². The van der Waals surface area contributed by atoms with Gasteiger partial charge in [-0.05, 0) is 32.9 Å². The van der Waals surface area contributed by atoms with E-state index in [2.05, 4.69) is 10.3 Å². The molecular weight excluding hydrogens is 266 g/mol. The summed E-state index contributed by atoms with van der Waals surface area (Å²) in [6, 6.07) is 3.58. The predicted molar refractivity (Wildman–Crippen MR) is 73.3 cm³/mol. The number of pyridine rings is 1. The van der Waals surface area contributed by atoms with Gasteiger partial charge >= 0.3 is 6.09 Å². The molecule has 0 aromatic carbocycles. The van der Waals surface area contributed by atoms with E-state index in [-0.39, 0.29) is 6.54 Å². The second-order valence-electron chi connectivity index (χ2n) is 5.14. The van der Waals surface area contributed by atoms with Crippen molar-refractivity contribution in [3.63, 3.8) is 0 Å². The summed E-state index contributed by atoms with van der Waals surface area (Å²) in [5.74, 6) is 0. The van der Waals surface area contributed by atoms with Gasteiger partial charge in [-0.2, -0.15) is 0 Å². The Hall–Kier alpha value is -1.75. The van der Waals surface area contributed by atoms with Crippen LogP contribution in [0.3, 0.4) is 0 Å². The van der Waals surface area contributed by atoms with E-state index in [4.69, 9.17) is 16.3 Å². The fourth-order valence-corrected chi connectivity index (χ4v) is 1.89. The van der Waals surface area contributed by atoms with Gasteiger partial charge in [0.25, 0.3) is 0 Å². The molecule has 2 aromatic heterocycles. The third-order valence-electron chi connectivity index (χ3n) is 2.41. The van der Waals surface area contributed by atoms with Crippen LogP contribution in [0.4, 0.5) is 4.79 Å². The van der Waals surface area contributed by atoms with Crippen LogP contribution in [0.25, 0.3) is 5.65 Å². The number of alkyl carbamates (subject to hydrolysis) is 1. The number of rotatable bonds is 2. The molecule has 0 atom stereocenters. The lowest BCUT2D eigenvalue weighted by Crippen LogP contribution is -2.32. The molecule has 2 rings (SSSR count). The van der Waals surface area contributed by atoms with Crippen LogP contribution in [-0.4, -0.2) is 21.1 Å². The quantitative estimate of drug-likeness (QED) is 0.920. The number of carbonyl (C=O) groups excluding carboxylic acids is 1. The van der Waals surface area contributed by atoms with Crippen LogP contribution in [0.15, 0.2) is 24.5 Å². The molecule has 19 heavy (non-hydrogen) atoms. The van der Waals surface area contributed by atoms with E-state index in [1.54, 1.807) is 18.5 Å². The third kappa shape index (κ3) is 3.38. The highest BCUT2D eigenvalue weighted by Gasteiger charge is 2.16. The Morgan fingerprint density at radius 3 is 2.89 bits per heavy atom. The highest BCUT2D eigenvalue weighted by molar-refractivity contribution is 6.31. The Morgan fingerprint density at radius 2 is 2.21 bits per heavy atom. The number of nitrogens with one attached hydrogen (secondary N) is 1. The van der Waals surface area contributed by atoms with Crippen molar-refractivity contribution in [2.45, 2.75) is 32.9 Å². The van der Waals surface area contributed by atoms with Crippen LogP contribution in [0, 0.1) is 0 Å². The van der Waals surface area contributed by atoms with E-state index in [1.807, 2.05) is 31.2 Å². The Bertz CT molecular complexity index is 601. The minimum absolute atomic E-state index is 0.279. The van der Waals surface area contributed by atoms with Gasteiger partial charge in [-0.1, -0.05) is 11.6 Å². The average Bonchev–Trinajstić information content (AvgIpc) is 2.73. The molecule has 0 fully saturated rings. The molecule has 1 N–H and O–H groups in total. The first-order valence-corrected chi connectivity index (χ1v) is 6.32. The molecule has 0 saturated heterocycles. The van der Waals surface area contributed by atoms with Crippen molar-refractivity contribution >= 4 is 23.3 Å². The number of aromatic nitrogens is 2. The fourth-order valence-electron chi connectivity index (χ4n) is 1.67. The van der Waals surface area contributed by atoms with Crippen LogP contribution in [-0.2, 0) is 11.3 Å². The van der Waals surface area contributed by atoms with E-state index in [9.17, 15) is 4.79 Å². The van der Waals surface area contributed by atoms with Gasteiger partial charge in [0, 0.05) is 12.4 Å². The molecule has 6 heteroatoms. The lowest BCUT2D eigenvalue weighted by Gasteiger charge is -2.20. The highest BCUT2D eigenvalue weighted by Crippen LogP contribution is 2.17. The van der Waals surface area contributed by atoms with Gasteiger partial charge in [-0.3, -0.25) is 0 Å². The molecule has 0 saturated carbocycles. The molecule has 0 aliphatic rings. The van der Waals surface area contributed by atoms with Gasteiger partial charge in [-0.15, -0.1) is 0 Å². The number of hydrogen-bond acceptors (Lipinski definition) is 3. The van der Waals surface area contributed by atoms with Crippen molar-refractivity contribution in [3.8, 4) is 0 Å². The molecule has 0 radical (unpaired) electrons. The summed E-state index contributed by atoms with van der Waals surface area (Å²) in [4.78, 5) is 15.8.